The van der Waals surface area contributed by atoms with Crippen molar-refractivity contribution in [2.45, 2.75) is 31.3 Å². The van der Waals surface area contributed by atoms with E-state index in [-0.39, 0.29) is 36.8 Å². The third kappa shape index (κ3) is 6.22. The summed E-state index contributed by atoms with van der Waals surface area (Å²) in [5.41, 5.74) is 6.10. The number of carbonyl (C=O) groups is 1. The summed E-state index contributed by atoms with van der Waals surface area (Å²) >= 11 is 0. The SMILES string of the molecule is COCCN1CCC(NC(=O)C(C)(N)c2ccccc2)CC1.Cl.Cl. The molecule has 1 atom stereocenters. The average molecular weight is 378 g/mol. The summed E-state index contributed by atoms with van der Waals surface area (Å²) in [4.78, 5) is 14.9. The molecule has 0 aromatic heterocycles. The molecule has 0 bridgehead atoms. The van der Waals surface area contributed by atoms with Gasteiger partial charge in [0, 0.05) is 32.8 Å². The fourth-order valence-electron chi connectivity index (χ4n) is 2.77. The Hall–Kier alpha value is -0.850. The van der Waals surface area contributed by atoms with Crippen LogP contribution in [0.15, 0.2) is 30.3 Å². The molecule has 138 valence electrons. The lowest BCUT2D eigenvalue weighted by molar-refractivity contribution is -0.127. The second-order valence-corrected chi connectivity index (χ2v) is 6.15. The summed E-state index contributed by atoms with van der Waals surface area (Å²) in [7, 11) is 1.72. The number of hydrogen-bond donors (Lipinski definition) is 2. The number of methoxy groups -OCH3 is 1. The van der Waals surface area contributed by atoms with Gasteiger partial charge in [-0.3, -0.25) is 4.79 Å². The molecule has 24 heavy (non-hydrogen) atoms. The van der Waals surface area contributed by atoms with Gasteiger partial charge in [0.15, 0.2) is 0 Å². The topological polar surface area (TPSA) is 67.6 Å². The van der Waals surface area contributed by atoms with Crippen molar-refractivity contribution in [3.63, 3.8) is 0 Å². The number of nitrogens with zero attached hydrogens (tertiary/aromatic N) is 1. The monoisotopic (exact) mass is 377 g/mol. The predicted molar refractivity (Wildman–Crippen MR) is 102 cm³/mol. The Labute approximate surface area is 157 Å². The maximum Gasteiger partial charge on any atom is 0.244 e. The van der Waals surface area contributed by atoms with E-state index in [0.29, 0.717) is 0 Å². The van der Waals surface area contributed by atoms with Crippen molar-refractivity contribution >= 4 is 30.7 Å². The first-order chi connectivity index (χ1) is 10.5. The zero-order chi connectivity index (χ0) is 16.0. The van der Waals surface area contributed by atoms with Gasteiger partial charge in [-0.1, -0.05) is 30.3 Å². The smallest absolute Gasteiger partial charge is 0.244 e. The molecule has 0 aliphatic carbocycles. The van der Waals surface area contributed by atoms with E-state index in [2.05, 4.69) is 10.2 Å². The molecule has 1 saturated heterocycles. The van der Waals surface area contributed by atoms with Gasteiger partial charge in [0.05, 0.1) is 6.61 Å². The van der Waals surface area contributed by atoms with Crippen molar-refractivity contribution in [1.29, 1.82) is 0 Å². The van der Waals surface area contributed by atoms with E-state index in [1.165, 1.54) is 0 Å². The van der Waals surface area contributed by atoms with Gasteiger partial charge in [0.2, 0.25) is 5.91 Å². The van der Waals surface area contributed by atoms with Crippen LogP contribution in [0, 0.1) is 0 Å². The quantitative estimate of drug-likeness (QED) is 0.794. The summed E-state index contributed by atoms with van der Waals surface area (Å²) < 4.78 is 5.10. The number of rotatable bonds is 6. The third-order valence-corrected chi connectivity index (χ3v) is 4.38. The highest BCUT2D eigenvalue weighted by Crippen LogP contribution is 2.19. The number of ether oxygens (including phenoxy) is 1. The van der Waals surface area contributed by atoms with Gasteiger partial charge >= 0.3 is 0 Å². The lowest BCUT2D eigenvalue weighted by atomic mass is 9.91. The summed E-state index contributed by atoms with van der Waals surface area (Å²) in [6.45, 7) is 5.45. The van der Waals surface area contributed by atoms with Crippen molar-refractivity contribution in [2.24, 2.45) is 5.73 Å². The molecule has 1 fully saturated rings. The largest absolute Gasteiger partial charge is 0.383 e. The lowest BCUT2D eigenvalue weighted by Gasteiger charge is -2.34. The minimum Gasteiger partial charge on any atom is -0.383 e. The zero-order valence-corrected chi connectivity index (χ0v) is 16.0. The van der Waals surface area contributed by atoms with Crippen molar-refractivity contribution in [2.75, 3.05) is 33.4 Å². The fourth-order valence-corrected chi connectivity index (χ4v) is 2.77. The van der Waals surface area contributed by atoms with Gasteiger partial charge in [0.25, 0.3) is 0 Å². The number of likely N-dealkylation sites (tertiary alicyclic amines) is 1. The van der Waals surface area contributed by atoms with Gasteiger partial charge in [-0.05, 0) is 25.3 Å². The minimum atomic E-state index is -0.992. The van der Waals surface area contributed by atoms with Gasteiger partial charge in [-0.2, -0.15) is 0 Å². The Kier molecular flexibility index (Phi) is 10.5. The number of hydrogen-bond acceptors (Lipinski definition) is 4. The highest BCUT2D eigenvalue weighted by molar-refractivity contribution is 5.87. The molecule has 5 nitrogen and oxygen atoms in total. The Morgan fingerprint density at radius 1 is 1.29 bits per heavy atom. The van der Waals surface area contributed by atoms with E-state index < -0.39 is 5.54 Å². The molecule has 2 rings (SSSR count). The van der Waals surface area contributed by atoms with Crippen LogP contribution in [0.1, 0.15) is 25.3 Å². The number of piperidine rings is 1. The first kappa shape index (κ1) is 23.1. The lowest BCUT2D eigenvalue weighted by Crippen LogP contribution is -2.54. The van der Waals surface area contributed by atoms with E-state index in [9.17, 15) is 4.79 Å². The van der Waals surface area contributed by atoms with Gasteiger partial charge in [-0.15, -0.1) is 24.8 Å². The molecule has 1 aliphatic rings. The van der Waals surface area contributed by atoms with Crippen LogP contribution >= 0.6 is 24.8 Å². The molecule has 7 heteroatoms. The molecule has 1 unspecified atom stereocenters. The summed E-state index contributed by atoms with van der Waals surface area (Å²) in [5.74, 6) is -0.103. The zero-order valence-electron chi connectivity index (χ0n) is 14.4. The minimum absolute atomic E-state index is 0. The van der Waals surface area contributed by atoms with Crippen molar-refractivity contribution in [3.05, 3.63) is 35.9 Å². The molecule has 0 spiro atoms. The van der Waals surface area contributed by atoms with E-state index in [0.717, 1.165) is 44.6 Å². The maximum atomic E-state index is 12.5. The normalized spacial score (nSPS) is 18.0. The van der Waals surface area contributed by atoms with E-state index >= 15 is 0 Å². The molecule has 1 amide bonds. The molecule has 0 saturated carbocycles. The van der Waals surface area contributed by atoms with Crippen LogP contribution in [-0.2, 0) is 15.1 Å². The second-order valence-electron chi connectivity index (χ2n) is 6.15. The molecule has 0 radical (unpaired) electrons. The predicted octanol–water partition coefficient (Wildman–Crippen LogP) is 1.93. The molecule has 3 N–H and O–H groups in total. The Morgan fingerprint density at radius 2 is 1.88 bits per heavy atom. The van der Waals surface area contributed by atoms with Crippen LogP contribution in [0.25, 0.3) is 0 Å². The first-order valence-corrected chi connectivity index (χ1v) is 7.90. The summed E-state index contributed by atoms with van der Waals surface area (Å²) in [6, 6.07) is 9.73. The van der Waals surface area contributed by atoms with E-state index in [1.807, 2.05) is 30.3 Å². The Morgan fingerprint density at radius 3 is 2.42 bits per heavy atom. The third-order valence-electron chi connectivity index (χ3n) is 4.38. The standard InChI is InChI=1S/C17H27N3O2.2ClH/c1-17(18,14-6-4-3-5-7-14)16(21)19-15-8-10-20(11-9-15)12-13-22-2;;/h3-7,15H,8-13,18H2,1-2H3,(H,19,21);2*1H. The number of amides is 1. The Bertz CT molecular complexity index is 478. The number of carbonyl (C=O) groups excluding carboxylic acids is 1. The van der Waals surface area contributed by atoms with Crippen molar-refractivity contribution < 1.29 is 9.53 Å². The number of nitrogens with one attached hydrogen (secondary N) is 1. The molecule has 1 heterocycles. The van der Waals surface area contributed by atoms with E-state index in [4.69, 9.17) is 10.5 Å². The molecular formula is C17H29Cl2N3O2. The van der Waals surface area contributed by atoms with Crippen LogP contribution < -0.4 is 11.1 Å². The van der Waals surface area contributed by atoms with Crippen LogP contribution in [0.4, 0.5) is 0 Å². The van der Waals surface area contributed by atoms with Crippen molar-refractivity contribution in [1.82, 2.24) is 10.2 Å². The highest BCUT2D eigenvalue weighted by atomic mass is 35.5. The van der Waals surface area contributed by atoms with Crippen LogP contribution in [0.2, 0.25) is 0 Å². The van der Waals surface area contributed by atoms with Crippen LogP contribution in [-0.4, -0.2) is 50.2 Å². The fraction of sp³-hybridized carbons (Fsp3) is 0.588. The average Bonchev–Trinajstić information content (AvgIpc) is 2.55. The maximum absolute atomic E-state index is 12.5. The number of benzene rings is 1. The summed E-state index contributed by atoms with van der Waals surface area (Å²) in [6.07, 6.45) is 1.92. The molecule has 1 aromatic carbocycles. The van der Waals surface area contributed by atoms with Crippen LogP contribution in [0.3, 0.4) is 0 Å². The van der Waals surface area contributed by atoms with Gasteiger partial charge in [-0.25, -0.2) is 0 Å². The number of nitrogens with two attached hydrogens (primary N) is 1. The molecule has 1 aliphatic heterocycles. The Balaban J connectivity index is 0.00000264. The second kappa shape index (κ2) is 10.9. The summed E-state index contributed by atoms with van der Waals surface area (Å²) in [5, 5.41) is 3.11. The molecular weight excluding hydrogens is 349 g/mol. The van der Waals surface area contributed by atoms with Gasteiger partial charge in [0.1, 0.15) is 5.54 Å². The number of halogens is 2. The van der Waals surface area contributed by atoms with Crippen LogP contribution in [0.5, 0.6) is 0 Å². The highest BCUT2D eigenvalue weighted by Gasteiger charge is 2.32. The molecule has 1 aromatic rings. The first-order valence-electron chi connectivity index (χ1n) is 7.90. The van der Waals surface area contributed by atoms with E-state index in [1.54, 1.807) is 14.0 Å². The van der Waals surface area contributed by atoms with Crippen molar-refractivity contribution in [3.8, 4) is 0 Å². The van der Waals surface area contributed by atoms with Gasteiger partial charge < -0.3 is 20.7 Å².